The van der Waals surface area contributed by atoms with E-state index in [-0.39, 0.29) is 4.90 Å². The van der Waals surface area contributed by atoms with Crippen LogP contribution in [0.15, 0.2) is 83.9 Å². The van der Waals surface area contributed by atoms with Gasteiger partial charge in [0.25, 0.3) is 0 Å². The first-order valence-electron chi connectivity index (χ1n) is 13.0. The molecule has 1 saturated heterocycles. The van der Waals surface area contributed by atoms with Gasteiger partial charge >= 0.3 is 0 Å². The lowest BCUT2D eigenvalue weighted by atomic mass is 10.00. The second kappa shape index (κ2) is 11.6. The van der Waals surface area contributed by atoms with Crippen LogP contribution in [0.2, 0.25) is 0 Å². The monoisotopic (exact) mass is 571 g/mol. The number of pyridine rings is 2. The number of ether oxygens (including phenoxy) is 2. The Balaban J connectivity index is 1.31. The van der Waals surface area contributed by atoms with Crippen LogP contribution >= 0.6 is 11.9 Å². The fraction of sp³-hybridized carbons (Fsp3) is 0.161. The Kier molecular flexibility index (Phi) is 7.58. The van der Waals surface area contributed by atoms with Crippen molar-refractivity contribution >= 4 is 40.0 Å². The molecule has 1 aliphatic heterocycles. The molecule has 0 amide bonds. The summed E-state index contributed by atoms with van der Waals surface area (Å²) in [5.41, 5.74) is 12.5. The van der Waals surface area contributed by atoms with E-state index in [1.807, 2.05) is 36.4 Å². The van der Waals surface area contributed by atoms with Gasteiger partial charge < -0.3 is 24.8 Å². The van der Waals surface area contributed by atoms with Gasteiger partial charge in [-0.25, -0.2) is 18.7 Å². The van der Waals surface area contributed by atoms with Gasteiger partial charge in [0.15, 0.2) is 0 Å². The van der Waals surface area contributed by atoms with Crippen LogP contribution in [0.25, 0.3) is 33.2 Å². The van der Waals surface area contributed by atoms with E-state index in [0.29, 0.717) is 30.6 Å². The number of nitrogen functional groups attached to an aromatic ring is 1. The average Bonchev–Trinajstić information content (AvgIpc) is 3.00. The molecule has 10 heteroatoms. The molecule has 0 radical (unpaired) electrons. The standard InChI is InChI=1S/C31H27F2N5O2S/c1-39-31-28(37-41-29-8-6-23(32)17-26(29)33)16-22(18-35-31)19-5-7-27-21(13-19)15-25(30(34)36-27)20-3-2-4-24(14-20)38-9-11-40-12-10-38/h2-8,13-18,37H,9-12H2,1H3,(H2,34,36). The van der Waals surface area contributed by atoms with Gasteiger partial charge in [0.1, 0.15) is 23.1 Å². The van der Waals surface area contributed by atoms with Crippen molar-refractivity contribution in [2.45, 2.75) is 4.90 Å². The first kappa shape index (κ1) is 26.8. The van der Waals surface area contributed by atoms with E-state index in [1.54, 1.807) is 6.20 Å². The van der Waals surface area contributed by atoms with Crippen LogP contribution in [-0.4, -0.2) is 43.4 Å². The molecule has 0 saturated carbocycles. The number of aromatic nitrogens is 2. The lowest BCUT2D eigenvalue weighted by molar-refractivity contribution is 0.122. The van der Waals surface area contributed by atoms with E-state index in [9.17, 15) is 8.78 Å². The maximum atomic E-state index is 14.2. The summed E-state index contributed by atoms with van der Waals surface area (Å²) >= 11 is 1.01. The number of nitrogens with zero attached hydrogens (tertiary/aromatic N) is 3. The zero-order valence-electron chi connectivity index (χ0n) is 22.2. The van der Waals surface area contributed by atoms with Crippen LogP contribution in [-0.2, 0) is 4.74 Å². The number of nitrogens with one attached hydrogen (secondary N) is 1. The van der Waals surface area contributed by atoms with Gasteiger partial charge in [-0.05, 0) is 71.6 Å². The maximum absolute atomic E-state index is 14.2. The highest BCUT2D eigenvalue weighted by atomic mass is 32.2. The van der Waals surface area contributed by atoms with Crippen LogP contribution in [0, 0.1) is 11.6 Å². The van der Waals surface area contributed by atoms with Crippen LogP contribution in [0.3, 0.4) is 0 Å². The summed E-state index contributed by atoms with van der Waals surface area (Å²) in [5, 5.41) is 0.927. The number of methoxy groups -OCH3 is 1. The number of fused-ring (bicyclic) bond motifs is 1. The summed E-state index contributed by atoms with van der Waals surface area (Å²) in [6.07, 6.45) is 1.71. The molecule has 6 rings (SSSR count). The molecule has 0 unspecified atom stereocenters. The molecule has 3 aromatic carbocycles. The highest BCUT2D eigenvalue weighted by Crippen LogP contribution is 2.35. The number of nitrogens with two attached hydrogens (primary N) is 1. The molecule has 0 bridgehead atoms. The van der Waals surface area contributed by atoms with Crippen molar-refractivity contribution in [1.82, 2.24) is 9.97 Å². The second-order valence-corrected chi connectivity index (χ2v) is 10.4. The molecule has 0 atom stereocenters. The van der Waals surface area contributed by atoms with Gasteiger partial charge in [0.2, 0.25) is 5.88 Å². The van der Waals surface area contributed by atoms with E-state index in [2.05, 4.69) is 37.8 Å². The lowest BCUT2D eigenvalue weighted by Crippen LogP contribution is -2.36. The summed E-state index contributed by atoms with van der Waals surface area (Å²) in [5.74, 6) is -0.472. The molecule has 2 aromatic heterocycles. The molecular formula is C31H27F2N5O2S. The van der Waals surface area contributed by atoms with E-state index in [1.165, 1.54) is 19.2 Å². The van der Waals surface area contributed by atoms with Crippen molar-refractivity contribution in [2.75, 3.05) is 48.8 Å². The van der Waals surface area contributed by atoms with Crippen LogP contribution in [0.4, 0.5) is 26.0 Å². The van der Waals surface area contributed by atoms with Crippen LogP contribution < -0.4 is 20.1 Å². The van der Waals surface area contributed by atoms with Gasteiger partial charge in [0, 0.05) is 47.6 Å². The highest BCUT2D eigenvalue weighted by Gasteiger charge is 2.15. The summed E-state index contributed by atoms with van der Waals surface area (Å²) in [7, 11) is 1.51. The van der Waals surface area contributed by atoms with Gasteiger partial charge in [-0.1, -0.05) is 18.2 Å². The zero-order valence-corrected chi connectivity index (χ0v) is 23.1. The lowest BCUT2D eigenvalue weighted by Gasteiger charge is -2.29. The Morgan fingerprint density at radius 1 is 0.951 bits per heavy atom. The van der Waals surface area contributed by atoms with E-state index in [4.69, 9.17) is 15.2 Å². The Morgan fingerprint density at radius 2 is 1.80 bits per heavy atom. The van der Waals surface area contributed by atoms with Crippen molar-refractivity contribution in [1.29, 1.82) is 0 Å². The highest BCUT2D eigenvalue weighted by molar-refractivity contribution is 8.00. The molecule has 0 spiro atoms. The fourth-order valence-electron chi connectivity index (χ4n) is 4.81. The van der Waals surface area contributed by atoms with Crippen molar-refractivity contribution in [3.63, 3.8) is 0 Å². The normalized spacial score (nSPS) is 13.4. The Hall–Kier alpha value is -4.41. The number of hydrogen-bond donors (Lipinski definition) is 2. The molecule has 3 N–H and O–H groups in total. The predicted molar refractivity (Wildman–Crippen MR) is 160 cm³/mol. The van der Waals surface area contributed by atoms with Crippen molar-refractivity contribution in [2.24, 2.45) is 0 Å². The zero-order chi connectivity index (χ0) is 28.3. The summed E-state index contributed by atoms with van der Waals surface area (Å²) < 4.78 is 41.4. The minimum absolute atomic E-state index is 0.249. The van der Waals surface area contributed by atoms with Crippen LogP contribution in [0.5, 0.6) is 5.88 Å². The maximum Gasteiger partial charge on any atom is 0.237 e. The number of halogens is 2. The average molecular weight is 572 g/mol. The molecule has 208 valence electrons. The van der Waals surface area contributed by atoms with E-state index >= 15 is 0 Å². The summed E-state index contributed by atoms with van der Waals surface area (Å²) in [4.78, 5) is 11.7. The minimum atomic E-state index is -0.654. The largest absolute Gasteiger partial charge is 0.480 e. The smallest absolute Gasteiger partial charge is 0.237 e. The van der Waals surface area contributed by atoms with Gasteiger partial charge in [-0.2, -0.15) is 0 Å². The molecule has 41 heavy (non-hydrogen) atoms. The van der Waals surface area contributed by atoms with E-state index < -0.39 is 11.6 Å². The Morgan fingerprint density at radius 3 is 2.61 bits per heavy atom. The predicted octanol–water partition coefficient (Wildman–Crippen LogP) is 6.79. The minimum Gasteiger partial charge on any atom is -0.480 e. The van der Waals surface area contributed by atoms with Crippen molar-refractivity contribution in [3.8, 4) is 28.1 Å². The molecule has 0 aliphatic carbocycles. The molecule has 1 fully saturated rings. The van der Waals surface area contributed by atoms with E-state index in [0.717, 1.165) is 69.9 Å². The van der Waals surface area contributed by atoms with Gasteiger partial charge in [0.05, 0.1) is 30.7 Å². The molecule has 7 nitrogen and oxygen atoms in total. The molecule has 3 heterocycles. The van der Waals surface area contributed by atoms with Crippen molar-refractivity contribution in [3.05, 3.63) is 90.6 Å². The molecule has 1 aliphatic rings. The first-order valence-corrected chi connectivity index (χ1v) is 13.9. The molecular weight excluding hydrogens is 544 g/mol. The fourth-order valence-corrected chi connectivity index (χ4v) is 5.47. The SMILES string of the molecule is COc1ncc(-c2ccc3nc(N)c(-c4cccc(N5CCOCC5)c4)cc3c2)cc1NSc1ccc(F)cc1F. The quantitative estimate of drug-likeness (QED) is 0.207. The number of morpholine rings is 1. The Bertz CT molecular complexity index is 1730. The summed E-state index contributed by atoms with van der Waals surface area (Å²) in [6, 6.07) is 21.6. The third-order valence-electron chi connectivity index (χ3n) is 6.92. The third kappa shape index (κ3) is 5.75. The number of benzene rings is 3. The molecule has 5 aromatic rings. The number of anilines is 3. The number of hydrogen-bond acceptors (Lipinski definition) is 8. The van der Waals surface area contributed by atoms with Gasteiger partial charge in [-0.3, -0.25) is 0 Å². The first-order chi connectivity index (χ1) is 20.0. The second-order valence-electron chi connectivity index (χ2n) is 9.54. The van der Waals surface area contributed by atoms with Crippen LogP contribution in [0.1, 0.15) is 0 Å². The topological polar surface area (TPSA) is 85.5 Å². The number of rotatable bonds is 7. The Labute approximate surface area is 240 Å². The third-order valence-corrected chi connectivity index (χ3v) is 7.79. The van der Waals surface area contributed by atoms with Gasteiger partial charge in [-0.15, -0.1) is 0 Å². The van der Waals surface area contributed by atoms with Crippen molar-refractivity contribution < 1.29 is 18.3 Å². The summed E-state index contributed by atoms with van der Waals surface area (Å²) in [6.45, 7) is 3.13.